The van der Waals surface area contributed by atoms with E-state index >= 15 is 0 Å². The Bertz CT molecular complexity index is 409. The van der Waals surface area contributed by atoms with Crippen molar-refractivity contribution in [2.45, 2.75) is 150 Å². The second-order valence-electron chi connectivity index (χ2n) is 9.93. The standard InChI is InChI=1S/C29H56O4/c1-5-9-14-20-26(18-7-3)24-32-28(30)22-16-12-11-13-17-23-29(31)33-25-27(19-8-4)21-15-10-6-2/h26-27H,5-25H2,1-4H3. The second kappa shape index (κ2) is 24.1. The largest absolute Gasteiger partial charge is 0.465 e. The van der Waals surface area contributed by atoms with Crippen LogP contribution in [0.3, 0.4) is 0 Å². The van der Waals surface area contributed by atoms with E-state index in [4.69, 9.17) is 9.47 Å². The fraction of sp³-hybridized carbons (Fsp3) is 0.931. The van der Waals surface area contributed by atoms with Crippen LogP contribution in [0.4, 0.5) is 0 Å². The molecule has 0 radical (unpaired) electrons. The third-order valence-electron chi connectivity index (χ3n) is 6.55. The lowest BCUT2D eigenvalue weighted by Crippen LogP contribution is -2.14. The third kappa shape index (κ3) is 21.2. The van der Waals surface area contributed by atoms with E-state index in [0.29, 0.717) is 37.9 Å². The van der Waals surface area contributed by atoms with Crippen molar-refractivity contribution in [2.24, 2.45) is 11.8 Å². The van der Waals surface area contributed by atoms with Crippen LogP contribution in [0.25, 0.3) is 0 Å². The van der Waals surface area contributed by atoms with Gasteiger partial charge in [0.25, 0.3) is 0 Å². The highest BCUT2D eigenvalue weighted by Gasteiger charge is 2.12. The molecule has 33 heavy (non-hydrogen) atoms. The summed E-state index contributed by atoms with van der Waals surface area (Å²) < 4.78 is 11.1. The minimum atomic E-state index is -0.0456. The van der Waals surface area contributed by atoms with Crippen molar-refractivity contribution < 1.29 is 19.1 Å². The molecule has 2 unspecified atom stereocenters. The van der Waals surface area contributed by atoms with E-state index in [0.717, 1.165) is 57.8 Å². The predicted octanol–water partition coefficient (Wildman–Crippen LogP) is 8.80. The Balaban J connectivity index is 3.74. The van der Waals surface area contributed by atoms with Crippen LogP contribution in [-0.4, -0.2) is 25.2 Å². The van der Waals surface area contributed by atoms with E-state index in [9.17, 15) is 9.59 Å². The molecule has 0 amide bonds. The van der Waals surface area contributed by atoms with Crippen LogP contribution in [-0.2, 0) is 19.1 Å². The summed E-state index contributed by atoms with van der Waals surface area (Å²) in [7, 11) is 0. The molecule has 0 N–H and O–H groups in total. The number of carbonyl (C=O) groups is 2. The number of hydrogen-bond donors (Lipinski definition) is 0. The van der Waals surface area contributed by atoms with Crippen molar-refractivity contribution in [2.75, 3.05) is 13.2 Å². The van der Waals surface area contributed by atoms with Crippen LogP contribution in [0.5, 0.6) is 0 Å². The molecule has 0 aromatic heterocycles. The number of rotatable bonds is 24. The minimum Gasteiger partial charge on any atom is -0.465 e. The quantitative estimate of drug-likeness (QED) is 0.105. The highest BCUT2D eigenvalue weighted by Crippen LogP contribution is 2.18. The number of ether oxygens (including phenoxy) is 2. The number of esters is 2. The van der Waals surface area contributed by atoms with Crippen molar-refractivity contribution >= 4 is 11.9 Å². The van der Waals surface area contributed by atoms with Gasteiger partial charge in [-0.1, -0.05) is 98.3 Å². The first-order valence-electron chi connectivity index (χ1n) is 14.4. The zero-order valence-corrected chi connectivity index (χ0v) is 22.6. The Morgan fingerprint density at radius 3 is 1.24 bits per heavy atom. The fourth-order valence-corrected chi connectivity index (χ4v) is 4.44. The zero-order valence-electron chi connectivity index (χ0n) is 22.6. The molecule has 196 valence electrons. The highest BCUT2D eigenvalue weighted by atomic mass is 16.5. The normalized spacial score (nSPS) is 13.0. The molecular weight excluding hydrogens is 412 g/mol. The monoisotopic (exact) mass is 468 g/mol. The lowest BCUT2D eigenvalue weighted by atomic mass is 9.97. The molecule has 0 aromatic carbocycles. The molecule has 0 spiro atoms. The summed E-state index contributed by atoms with van der Waals surface area (Å²) in [5, 5.41) is 0. The molecule has 0 aliphatic carbocycles. The van der Waals surface area contributed by atoms with Crippen molar-refractivity contribution in [3.8, 4) is 0 Å². The van der Waals surface area contributed by atoms with E-state index in [-0.39, 0.29) is 11.9 Å². The average molecular weight is 469 g/mol. The second-order valence-corrected chi connectivity index (χ2v) is 9.93. The van der Waals surface area contributed by atoms with Crippen molar-refractivity contribution in [3.63, 3.8) is 0 Å². The maximum atomic E-state index is 12.0. The van der Waals surface area contributed by atoms with E-state index in [2.05, 4.69) is 27.7 Å². The van der Waals surface area contributed by atoms with Gasteiger partial charge < -0.3 is 9.47 Å². The molecule has 2 atom stereocenters. The van der Waals surface area contributed by atoms with Gasteiger partial charge in [-0.2, -0.15) is 0 Å². The zero-order chi connectivity index (χ0) is 24.6. The highest BCUT2D eigenvalue weighted by molar-refractivity contribution is 5.69. The number of carbonyl (C=O) groups excluding carboxylic acids is 2. The van der Waals surface area contributed by atoms with Crippen molar-refractivity contribution in [1.29, 1.82) is 0 Å². The summed E-state index contributed by atoms with van der Waals surface area (Å²) in [5.74, 6) is 0.962. The van der Waals surface area contributed by atoms with E-state index in [1.807, 2.05) is 0 Å². The van der Waals surface area contributed by atoms with Gasteiger partial charge >= 0.3 is 11.9 Å². The Morgan fingerprint density at radius 1 is 0.485 bits per heavy atom. The Hall–Kier alpha value is -1.06. The molecule has 4 nitrogen and oxygen atoms in total. The Kier molecular flexibility index (Phi) is 23.3. The summed E-state index contributed by atoms with van der Waals surface area (Å²) in [5.41, 5.74) is 0. The molecule has 0 rings (SSSR count). The summed E-state index contributed by atoms with van der Waals surface area (Å²) >= 11 is 0. The van der Waals surface area contributed by atoms with Crippen molar-refractivity contribution in [3.05, 3.63) is 0 Å². The lowest BCUT2D eigenvalue weighted by Gasteiger charge is -2.16. The molecule has 0 fully saturated rings. The first-order valence-corrected chi connectivity index (χ1v) is 14.4. The van der Waals surface area contributed by atoms with Gasteiger partial charge in [-0.05, 0) is 50.4 Å². The molecule has 0 aromatic rings. The Labute approximate surface area is 206 Å². The summed E-state index contributed by atoms with van der Waals surface area (Å²) in [6.45, 7) is 10.0. The SMILES string of the molecule is CCCCCC(CCC)COC(=O)CCCCCCCC(=O)OCC(CCC)CCCCC. The van der Waals surface area contributed by atoms with E-state index in [1.54, 1.807) is 0 Å². The van der Waals surface area contributed by atoms with Crippen molar-refractivity contribution in [1.82, 2.24) is 0 Å². The first-order chi connectivity index (χ1) is 16.1. The van der Waals surface area contributed by atoms with Crippen LogP contribution < -0.4 is 0 Å². The van der Waals surface area contributed by atoms with Gasteiger partial charge in [0.2, 0.25) is 0 Å². The van der Waals surface area contributed by atoms with Crippen LogP contribution in [0.1, 0.15) is 150 Å². The molecule has 0 bridgehead atoms. The van der Waals surface area contributed by atoms with Crippen LogP contribution in [0.2, 0.25) is 0 Å². The number of hydrogen-bond acceptors (Lipinski definition) is 4. The first kappa shape index (κ1) is 31.9. The fourth-order valence-electron chi connectivity index (χ4n) is 4.44. The van der Waals surface area contributed by atoms with Gasteiger partial charge in [-0.25, -0.2) is 0 Å². The van der Waals surface area contributed by atoms with Gasteiger partial charge in [0.05, 0.1) is 13.2 Å². The van der Waals surface area contributed by atoms with Gasteiger partial charge in [0.1, 0.15) is 0 Å². The third-order valence-corrected chi connectivity index (χ3v) is 6.55. The Morgan fingerprint density at radius 2 is 0.879 bits per heavy atom. The smallest absolute Gasteiger partial charge is 0.305 e. The molecular formula is C29H56O4. The number of unbranched alkanes of at least 4 members (excludes halogenated alkanes) is 8. The van der Waals surface area contributed by atoms with E-state index in [1.165, 1.54) is 51.4 Å². The molecule has 0 heterocycles. The average Bonchev–Trinajstić information content (AvgIpc) is 2.80. The van der Waals surface area contributed by atoms with Crippen LogP contribution in [0, 0.1) is 11.8 Å². The summed E-state index contributed by atoms with van der Waals surface area (Å²) in [6, 6.07) is 0. The van der Waals surface area contributed by atoms with E-state index < -0.39 is 0 Å². The van der Waals surface area contributed by atoms with Gasteiger partial charge in [-0.15, -0.1) is 0 Å². The maximum absolute atomic E-state index is 12.0. The van der Waals surface area contributed by atoms with Gasteiger partial charge in [0.15, 0.2) is 0 Å². The lowest BCUT2D eigenvalue weighted by molar-refractivity contribution is -0.146. The van der Waals surface area contributed by atoms with Gasteiger partial charge in [0, 0.05) is 12.8 Å². The van der Waals surface area contributed by atoms with Gasteiger partial charge in [-0.3, -0.25) is 9.59 Å². The molecule has 0 saturated carbocycles. The maximum Gasteiger partial charge on any atom is 0.305 e. The molecule has 0 aliphatic heterocycles. The van der Waals surface area contributed by atoms with Crippen LogP contribution >= 0.6 is 0 Å². The van der Waals surface area contributed by atoms with Crippen LogP contribution in [0.15, 0.2) is 0 Å². The topological polar surface area (TPSA) is 52.6 Å². The molecule has 4 heteroatoms. The predicted molar refractivity (Wildman–Crippen MR) is 139 cm³/mol. The summed E-state index contributed by atoms with van der Waals surface area (Å²) in [4.78, 5) is 24.1. The minimum absolute atomic E-state index is 0.0456. The molecule has 0 aliphatic rings. The summed E-state index contributed by atoms with van der Waals surface area (Å²) in [6.07, 6.45) is 20.4. The molecule has 0 saturated heterocycles.